The van der Waals surface area contributed by atoms with Crippen LogP contribution in [0.5, 0.6) is 5.75 Å². The summed E-state index contributed by atoms with van der Waals surface area (Å²) in [5.74, 6) is 1.81. The average molecular weight is 305 g/mol. The number of carbonyl (C=O) groups excluding carboxylic acids is 1. The average Bonchev–Trinajstić information content (AvgIpc) is 2.46. The first-order valence-corrected chi connectivity index (χ1v) is 8.43. The first kappa shape index (κ1) is 18.5. The second-order valence-electron chi connectivity index (χ2n) is 6.36. The van der Waals surface area contributed by atoms with Gasteiger partial charge in [0.2, 0.25) is 5.91 Å². The molecule has 0 aliphatic rings. The molecule has 0 saturated carbocycles. The van der Waals surface area contributed by atoms with Gasteiger partial charge in [0, 0.05) is 19.5 Å². The predicted molar refractivity (Wildman–Crippen MR) is 92.3 cm³/mol. The molecule has 124 valence electrons. The normalized spacial score (nSPS) is 12.5. The lowest BCUT2D eigenvalue weighted by atomic mass is 9.85. The molecule has 3 heteroatoms. The summed E-state index contributed by atoms with van der Waals surface area (Å²) in [5, 5.41) is 0. The van der Waals surface area contributed by atoms with Crippen molar-refractivity contribution >= 4 is 5.91 Å². The Bertz CT molecular complexity index is 447. The van der Waals surface area contributed by atoms with E-state index in [1.807, 2.05) is 44.7 Å². The monoisotopic (exact) mass is 305 g/mol. The maximum atomic E-state index is 12.4. The molecule has 22 heavy (non-hydrogen) atoms. The highest BCUT2D eigenvalue weighted by Crippen LogP contribution is 2.30. The van der Waals surface area contributed by atoms with Gasteiger partial charge in [0.05, 0.1) is 6.10 Å². The molecule has 1 atom stereocenters. The van der Waals surface area contributed by atoms with E-state index >= 15 is 0 Å². The van der Waals surface area contributed by atoms with Crippen molar-refractivity contribution in [1.29, 1.82) is 0 Å². The molecular formula is C19H31NO2. The highest BCUT2D eigenvalue weighted by Gasteiger charge is 2.22. The summed E-state index contributed by atoms with van der Waals surface area (Å²) in [6.45, 7) is 14.0. The number of rotatable bonds is 8. The quantitative estimate of drug-likeness (QED) is 0.709. The summed E-state index contributed by atoms with van der Waals surface area (Å²) < 4.78 is 5.69. The fourth-order valence-electron chi connectivity index (χ4n) is 2.70. The Morgan fingerprint density at radius 1 is 1.05 bits per heavy atom. The van der Waals surface area contributed by atoms with E-state index in [2.05, 4.69) is 26.0 Å². The fourth-order valence-corrected chi connectivity index (χ4v) is 2.70. The molecule has 1 rings (SSSR count). The van der Waals surface area contributed by atoms with Gasteiger partial charge in [0.15, 0.2) is 0 Å². The van der Waals surface area contributed by atoms with Crippen molar-refractivity contribution in [2.45, 2.75) is 60.0 Å². The minimum Gasteiger partial charge on any atom is -0.491 e. The molecule has 0 saturated heterocycles. The van der Waals surface area contributed by atoms with E-state index in [0.717, 1.165) is 18.8 Å². The third kappa shape index (κ3) is 5.36. The van der Waals surface area contributed by atoms with Crippen molar-refractivity contribution in [3.8, 4) is 5.75 Å². The number of hydrogen-bond donors (Lipinski definition) is 0. The van der Waals surface area contributed by atoms with E-state index in [4.69, 9.17) is 4.74 Å². The van der Waals surface area contributed by atoms with E-state index < -0.39 is 0 Å². The van der Waals surface area contributed by atoms with Crippen LogP contribution in [0.2, 0.25) is 0 Å². The molecule has 0 heterocycles. The standard InChI is InChI=1S/C19H31NO2/c1-7-20(8-2)19(21)13-18(14(3)4)16-9-11-17(12-10-16)22-15(5)6/h9-12,14-15,18H,7-8,13H2,1-6H3/t18-/m1/s1. The molecule has 0 N–H and O–H groups in total. The smallest absolute Gasteiger partial charge is 0.223 e. The number of ether oxygens (including phenoxy) is 1. The Kier molecular flexibility index (Phi) is 7.43. The van der Waals surface area contributed by atoms with Crippen LogP contribution < -0.4 is 4.74 Å². The van der Waals surface area contributed by atoms with Gasteiger partial charge in [-0.05, 0) is 57.2 Å². The molecule has 0 aliphatic carbocycles. The highest BCUT2D eigenvalue weighted by molar-refractivity contribution is 5.77. The lowest BCUT2D eigenvalue weighted by molar-refractivity contribution is -0.131. The summed E-state index contributed by atoms with van der Waals surface area (Å²) in [5.41, 5.74) is 1.21. The lowest BCUT2D eigenvalue weighted by Crippen LogP contribution is -2.32. The fraction of sp³-hybridized carbons (Fsp3) is 0.632. The second-order valence-corrected chi connectivity index (χ2v) is 6.36. The van der Waals surface area contributed by atoms with Crippen molar-refractivity contribution in [2.75, 3.05) is 13.1 Å². The molecule has 3 nitrogen and oxygen atoms in total. The van der Waals surface area contributed by atoms with Crippen LogP contribution in [0.3, 0.4) is 0 Å². The van der Waals surface area contributed by atoms with Gasteiger partial charge in [-0.1, -0.05) is 26.0 Å². The van der Waals surface area contributed by atoms with Crippen LogP contribution in [0, 0.1) is 5.92 Å². The Balaban J connectivity index is 2.85. The van der Waals surface area contributed by atoms with Gasteiger partial charge in [-0.25, -0.2) is 0 Å². The Morgan fingerprint density at radius 2 is 1.59 bits per heavy atom. The van der Waals surface area contributed by atoms with Gasteiger partial charge in [0.25, 0.3) is 0 Å². The Morgan fingerprint density at radius 3 is 2.00 bits per heavy atom. The van der Waals surface area contributed by atoms with Crippen molar-refractivity contribution in [1.82, 2.24) is 4.90 Å². The van der Waals surface area contributed by atoms with Crippen LogP contribution in [-0.2, 0) is 4.79 Å². The van der Waals surface area contributed by atoms with E-state index in [0.29, 0.717) is 12.3 Å². The molecule has 0 unspecified atom stereocenters. The molecule has 1 amide bonds. The maximum absolute atomic E-state index is 12.4. The number of hydrogen-bond acceptors (Lipinski definition) is 2. The van der Waals surface area contributed by atoms with Crippen molar-refractivity contribution in [2.24, 2.45) is 5.92 Å². The van der Waals surface area contributed by atoms with E-state index in [-0.39, 0.29) is 17.9 Å². The van der Waals surface area contributed by atoms with Gasteiger partial charge in [-0.3, -0.25) is 4.79 Å². The van der Waals surface area contributed by atoms with Gasteiger partial charge >= 0.3 is 0 Å². The third-order valence-corrected chi connectivity index (χ3v) is 4.00. The third-order valence-electron chi connectivity index (χ3n) is 4.00. The summed E-state index contributed by atoms with van der Waals surface area (Å²) in [6.07, 6.45) is 0.750. The van der Waals surface area contributed by atoms with Crippen LogP contribution in [0.4, 0.5) is 0 Å². The van der Waals surface area contributed by atoms with Crippen LogP contribution in [-0.4, -0.2) is 30.0 Å². The topological polar surface area (TPSA) is 29.5 Å². The summed E-state index contributed by atoms with van der Waals surface area (Å²) >= 11 is 0. The van der Waals surface area contributed by atoms with E-state index in [9.17, 15) is 4.79 Å². The SMILES string of the molecule is CCN(CC)C(=O)C[C@@H](c1ccc(OC(C)C)cc1)C(C)C. The lowest BCUT2D eigenvalue weighted by Gasteiger charge is -2.25. The van der Waals surface area contributed by atoms with Crippen LogP contribution in [0.15, 0.2) is 24.3 Å². The molecule has 0 spiro atoms. The molecular weight excluding hydrogens is 274 g/mol. The second kappa shape index (κ2) is 8.82. The molecule has 0 aliphatic heterocycles. The molecule has 0 fully saturated rings. The number of carbonyl (C=O) groups is 1. The molecule has 0 bridgehead atoms. The Hall–Kier alpha value is -1.51. The summed E-state index contributed by atoms with van der Waals surface area (Å²) in [7, 11) is 0. The first-order chi connectivity index (χ1) is 10.4. The minimum atomic E-state index is 0.177. The van der Waals surface area contributed by atoms with Gasteiger partial charge in [0.1, 0.15) is 5.75 Å². The van der Waals surface area contributed by atoms with E-state index in [1.165, 1.54) is 5.56 Å². The van der Waals surface area contributed by atoms with Crippen molar-refractivity contribution in [3.05, 3.63) is 29.8 Å². The van der Waals surface area contributed by atoms with Gasteiger partial charge in [-0.15, -0.1) is 0 Å². The van der Waals surface area contributed by atoms with E-state index in [1.54, 1.807) is 0 Å². The van der Waals surface area contributed by atoms with Crippen LogP contribution in [0.25, 0.3) is 0 Å². The highest BCUT2D eigenvalue weighted by atomic mass is 16.5. The minimum absolute atomic E-state index is 0.177. The largest absolute Gasteiger partial charge is 0.491 e. The molecule has 1 aromatic rings. The van der Waals surface area contributed by atoms with Crippen molar-refractivity contribution < 1.29 is 9.53 Å². The van der Waals surface area contributed by atoms with Crippen LogP contribution >= 0.6 is 0 Å². The maximum Gasteiger partial charge on any atom is 0.223 e. The molecule has 0 aromatic heterocycles. The molecule has 0 radical (unpaired) electrons. The summed E-state index contributed by atoms with van der Waals surface area (Å²) in [6, 6.07) is 8.20. The zero-order valence-corrected chi connectivity index (χ0v) is 14.9. The number of benzene rings is 1. The zero-order chi connectivity index (χ0) is 16.7. The van der Waals surface area contributed by atoms with Gasteiger partial charge in [-0.2, -0.15) is 0 Å². The zero-order valence-electron chi connectivity index (χ0n) is 14.9. The number of nitrogens with zero attached hydrogens (tertiary/aromatic N) is 1. The number of amides is 1. The Labute approximate surface area is 135 Å². The van der Waals surface area contributed by atoms with Crippen LogP contribution in [0.1, 0.15) is 59.4 Å². The predicted octanol–water partition coefficient (Wildman–Crippen LogP) is 4.47. The van der Waals surface area contributed by atoms with Gasteiger partial charge < -0.3 is 9.64 Å². The first-order valence-electron chi connectivity index (χ1n) is 8.43. The summed E-state index contributed by atoms with van der Waals surface area (Å²) in [4.78, 5) is 14.3. The molecule has 1 aromatic carbocycles. The van der Waals surface area contributed by atoms with Crippen molar-refractivity contribution in [3.63, 3.8) is 0 Å².